The number of hydrogen-bond acceptors (Lipinski definition) is 4. The predicted molar refractivity (Wildman–Crippen MR) is 84.2 cm³/mol. The van der Waals surface area contributed by atoms with Gasteiger partial charge in [0.15, 0.2) is 0 Å². The highest BCUT2D eigenvalue weighted by Gasteiger charge is 2.34. The normalized spacial score (nSPS) is 26.2. The van der Waals surface area contributed by atoms with Crippen LogP contribution in [0.1, 0.15) is 39.5 Å². The predicted octanol–water partition coefficient (Wildman–Crippen LogP) is 0.776. The molecule has 0 aliphatic carbocycles. The van der Waals surface area contributed by atoms with Crippen molar-refractivity contribution in [1.82, 2.24) is 14.7 Å². The number of aliphatic hydroxyl groups is 1. The van der Waals surface area contributed by atoms with Gasteiger partial charge >= 0.3 is 0 Å². The summed E-state index contributed by atoms with van der Waals surface area (Å²) in [5, 5.41) is 9.72. The largest absolute Gasteiger partial charge is 0.392 e. The van der Waals surface area contributed by atoms with E-state index in [2.05, 4.69) is 16.7 Å². The Balaban J connectivity index is 1.80. The molecule has 5 heteroatoms. The molecule has 5 nitrogen and oxygen atoms in total. The summed E-state index contributed by atoms with van der Waals surface area (Å²) in [5.41, 5.74) is 0. The van der Waals surface area contributed by atoms with Gasteiger partial charge in [0, 0.05) is 32.7 Å². The van der Waals surface area contributed by atoms with Gasteiger partial charge in [-0.3, -0.25) is 14.6 Å². The minimum atomic E-state index is -0.234. The molecular formula is C16H31N3O2. The fourth-order valence-electron chi connectivity index (χ4n) is 3.45. The van der Waals surface area contributed by atoms with Gasteiger partial charge < -0.3 is 10.0 Å². The molecular weight excluding hydrogens is 266 g/mol. The van der Waals surface area contributed by atoms with Crippen LogP contribution in [-0.4, -0.2) is 83.7 Å². The van der Waals surface area contributed by atoms with Gasteiger partial charge in [-0.15, -0.1) is 0 Å². The molecule has 0 radical (unpaired) electrons. The fraction of sp³-hybridized carbons (Fsp3) is 0.938. The standard InChI is InChI=1S/C16H31N3O2/c1-3-7-18-8-5-6-15(18)16(21)19-11-9-17(10-12-19)13-14(20)4-2/h14-15,20H,3-13H2,1-2H3/t14-,15+/m0/s1. The minimum absolute atomic E-state index is 0.123. The molecule has 2 heterocycles. The van der Waals surface area contributed by atoms with Crippen LogP contribution in [0.2, 0.25) is 0 Å². The van der Waals surface area contributed by atoms with E-state index in [1.165, 1.54) is 0 Å². The smallest absolute Gasteiger partial charge is 0.240 e. The zero-order valence-electron chi connectivity index (χ0n) is 13.6. The van der Waals surface area contributed by atoms with Crippen LogP contribution in [0.4, 0.5) is 0 Å². The lowest BCUT2D eigenvalue weighted by Crippen LogP contribution is -2.54. The molecule has 0 spiro atoms. The third-order valence-electron chi connectivity index (χ3n) is 4.78. The molecule has 2 aliphatic rings. The monoisotopic (exact) mass is 297 g/mol. The van der Waals surface area contributed by atoms with E-state index >= 15 is 0 Å². The van der Waals surface area contributed by atoms with Crippen molar-refractivity contribution in [2.45, 2.75) is 51.7 Å². The highest BCUT2D eigenvalue weighted by molar-refractivity contribution is 5.82. The molecule has 2 fully saturated rings. The van der Waals surface area contributed by atoms with Gasteiger partial charge in [0.05, 0.1) is 12.1 Å². The van der Waals surface area contributed by atoms with Crippen LogP contribution < -0.4 is 0 Å². The first kappa shape index (κ1) is 16.7. The lowest BCUT2D eigenvalue weighted by molar-refractivity contribution is -0.137. The SMILES string of the molecule is CCCN1CCC[C@@H]1C(=O)N1CCN(C[C@@H](O)CC)CC1. The van der Waals surface area contributed by atoms with Crippen molar-refractivity contribution in [2.24, 2.45) is 0 Å². The molecule has 2 saturated heterocycles. The maximum absolute atomic E-state index is 12.7. The average molecular weight is 297 g/mol. The topological polar surface area (TPSA) is 47.0 Å². The molecule has 0 aromatic heterocycles. The fourth-order valence-corrected chi connectivity index (χ4v) is 3.45. The van der Waals surface area contributed by atoms with E-state index in [1.54, 1.807) is 0 Å². The quantitative estimate of drug-likeness (QED) is 0.787. The minimum Gasteiger partial charge on any atom is -0.392 e. The summed E-state index contributed by atoms with van der Waals surface area (Å²) >= 11 is 0. The van der Waals surface area contributed by atoms with Gasteiger partial charge in [-0.2, -0.15) is 0 Å². The van der Waals surface area contributed by atoms with E-state index in [0.29, 0.717) is 5.91 Å². The molecule has 21 heavy (non-hydrogen) atoms. The second kappa shape index (κ2) is 8.11. The molecule has 1 N–H and O–H groups in total. The maximum atomic E-state index is 12.7. The number of likely N-dealkylation sites (tertiary alicyclic amines) is 1. The summed E-state index contributed by atoms with van der Waals surface area (Å²) in [6.07, 6.45) is 3.86. The molecule has 2 rings (SSSR count). The molecule has 122 valence electrons. The Bertz CT molecular complexity index is 329. The third kappa shape index (κ3) is 4.41. The van der Waals surface area contributed by atoms with Crippen molar-refractivity contribution >= 4 is 5.91 Å². The van der Waals surface area contributed by atoms with Crippen LogP contribution in [0, 0.1) is 0 Å². The molecule has 2 atom stereocenters. The number of carbonyl (C=O) groups is 1. The molecule has 2 aliphatic heterocycles. The van der Waals surface area contributed by atoms with E-state index in [4.69, 9.17) is 0 Å². The Hall–Kier alpha value is -0.650. The van der Waals surface area contributed by atoms with Gasteiger partial charge in [0.1, 0.15) is 0 Å². The number of carbonyl (C=O) groups excluding carboxylic acids is 1. The molecule has 0 aromatic carbocycles. The van der Waals surface area contributed by atoms with Crippen LogP contribution in [-0.2, 0) is 4.79 Å². The van der Waals surface area contributed by atoms with Crippen LogP contribution in [0.3, 0.4) is 0 Å². The van der Waals surface area contributed by atoms with Crippen LogP contribution in [0.25, 0.3) is 0 Å². The maximum Gasteiger partial charge on any atom is 0.240 e. The Morgan fingerprint density at radius 2 is 1.90 bits per heavy atom. The summed E-state index contributed by atoms with van der Waals surface area (Å²) in [4.78, 5) is 19.4. The van der Waals surface area contributed by atoms with Gasteiger partial charge in [0.2, 0.25) is 5.91 Å². The van der Waals surface area contributed by atoms with E-state index in [0.717, 1.165) is 71.5 Å². The number of hydrogen-bond donors (Lipinski definition) is 1. The first-order chi connectivity index (χ1) is 10.2. The van der Waals surface area contributed by atoms with E-state index < -0.39 is 0 Å². The van der Waals surface area contributed by atoms with Crippen LogP contribution in [0.5, 0.6) is 0 Å². The van der Waals surface area contributed by atoms with Crippen molar-refractivity contribution in [1.29, 1.82) is 0 Å². The van der Waals surface area contributed by atoms with Gasteiger partial charge in [-0.1, -0.05) is 13.8 Å². The first-order valence-electron chi connectivity index (χ1n) is 8.59. The highest BCUT2D eigenvalue weighted by atomic mass is 16.3. The van der Waals surface area contributed by atoms with E-state index in [1.807, 2.05) is 11.8 Å². The summed E-state index contributed by atoms with van der Waals surface area (Å²) in [6.45, 7) is 10.4. The second-order valence-electron chi connectivity index (χ2n) is 6.38. The van der Waals surface area contributed by atoms with Crippen molar-refractivity contribution in [3.63, 3.8) is 0 Å². The van der Waals surface area contributed by atoms with Crippen LogP contribution >= 0.6 is 0 Å². The molecule has 0 aromatic rings. The lowest BCUT2D eigenvalue weighted by atomic mass is 10.1. The molecule has 0 unspecified atom stereocenters. The summed E-state index contributed by atoms with van der Waals surface area (Å²) in [7, 11) is 0. The molecule has 1 amide bonds. The summed E-state index contributed by atoms with van der Waals surface area (Å²) in [6, 6.07) is 0.123. The Labute approximate surface area is 128 Å². The average Bonchev–Trinajstić information content (AvgIpc) is 2.96. The zero-order valence-corrected chi connectivity index (χ0v) is 13.6. The number of rotatable bonds is 6. The number of amides is 1. The van der Waals surface area contributed by atoms with Crippen LogP contribution in [0.15, 0.2) is 0 Å². The number of aliphatic hydroxyl groups excluding tert-OH is 1. The summed E-state index contributed by atoms with van der Waals surface area (Å²) in [5.74, 6) is 0.330. The zero-order chi connectivity index (χ0) is 15.2. The Morgan fingerprint density at radius 1 is 1.19 bits per heavy atom. The molecule has 0 saturated carbocycles. The number of nitrogens with zero attached hydrogens (tertiary/aromatic N) is 3. The van der Waals surface area contributed by atoms with Gasteiger partial charge in [-0.25, -0.2) is 0 Å². The number of piperazine rings is 1. The lowest BCUT2D eigenvalue weighted by Gasteiger charge is -2.37. The van der Waals surface area contributed by atoms with Crippen molar-refractivity contribution < 1.29 is 9.90 Å². The van der Waals surface area contributed by atoms with Crippen molar-refractivity contribution in [2.75, 3.05) is 45.8 Å². The molecule has 0 bridgehead atoms. The first-order valence-corrected chi connectivity index (χ1v) is 8.59. The van der Waals surface area contributed by atoms with Crippen molar-refractivity contribution in [3.8, 4) is 0 Å². The van der Waals surface area contributed by atoms with Crippen molar-refractivity contribution in [3.05, 3.63) is 0 Å². The summed E-state index contributed by atoms with van der Waals surface area (Å²) < 4.78 is 0. The third-order valence-corrected chi connectivity index (χ3v) is 4.78. The highest BCUT2D eigenvalue weighted by Crippen LogP contribution is 2.20. The Kier molecular flexibility index (Phi) is 6.45. The van der Waals surface area contributed by atoms with E-state index in [9.17, 15) is 9.90 Å². The van der Waals surface area contributed by atoms with Gasteiger partial charge in [0.25, 0.3) is 0 Å². The van der Waals surface area contributed by atoms with E-state index in [-0.39, 0.29) is 12.1 Å². The second-order valence-corrected chi connectivity index (χ2v) is 6.38. The van der Waals surface area contributed by atoms with Gasteiger partial charge in [-0.05, 0) is 38.8 Å². The Morgan fingerprint density at radius 3 is 2.52 bits per heavy atom. The number of β-amino-alcohol motifs (C(OH)–C–C–N with tert-alkyl or cyclic N) is 1.